The van der Waals surface area contributed by atoms with Gasteiger partial charge in [0, 0.05) is 16.5 Å². The zero-order valence-corrected chi connectivity index (χ0v) is 20.9. The Morgan fingerprint density at radius 3 is 1.47 bits per heavy atom. The smallest absolute Gasteiger partial charge is 0.122 e. The molecule has 0 heterocycles. The fourth-order valence-electron chi connectivity index (χ4n) is 5.61. The molecule has 0 aliphatic heterocycles. The van der Waals surface area contributed by atoms with E-state index in [0.717, 1.165) is 99.3 Å². The standard InChI is InChI=1S/C30H44O2/c1-5-9-14-24-18-22(7-3)20-26(28(24)31)30(16-12-11-13-17-30)27-21-23(8-4)19-25(29(27)32)15-10-6-2/h18-21,31-32H,5-17H2,1-4H3. The predicted octanol–water partition coefficient (Wildman–Crippen LogP) is 8.16. The van der Waals surface area contributed by atoms with Crippen molar-refractivity contribution in [2.45, 2.75) is 117 Å². The molecule has 2 aromatic rings. The molecular formula is C30H44O2. The van der Waals surface area contributed by atoms with E-state index in [4.69, 9.17) is 0 Å². The number of rotatable bonds is 10. The van der Waals surface area contributed by atoms with Gasteiger partial charge in [-0.3, -0.25) is 0 Å². The third kappa shape index (κ3) is 5.00. The van der Waals surface area contributed by atoms with Gasteiger partial charge in [-0.25, -0.2) is 0 Å². The Morgan fingerprint density at radius 1 is 0.656 bits per heavy atom. The van der Waals surface area contributed by atoms with Gasteiger partial charge in [-0.1, -0.05) is 84.1 Å². The van der Waals surface area contributed by atoms with Gasteiger partial charge in [-0.2, -0.15) is 0 Å². The number of hydrogen-bond donors (Lipinski definition) is 2. The van der Waals surface area contributed by atoms with Crippen LogP contribution in [0.2, 0.25) is 0 Å². The maximum Gasteiger partial charge on any atom is 0.122 e. The summed E-state index contributed by atoms with van der Waals surface area (Å²) in [6.45, 7) is 8.81. The van der Waals surface area contributed by atoms with Gasteiger partial charge < -0.3 is 10.2 Å². The van der Waals surface area contributed by atoms with Crippen LogP contribution in [-0.4, -0.2) is 10.2 Å². The number of aromatic hydroxyl groups is 2. The molecule has 2 nitrogen and oxygen atoms in total. The molecule has 2 heteroatoms. The van der Waals surface area contributed by atoms with Crippen LogP contribution in [0.4, 0.5) is 0 Å². The van der Waals surface area contributed by atoms with Crippen LogP contribution in [0.5, 0.6) is 11.5 Å². The quantitative estimate of drug-likeness (QED) is 0.394. The van der Waals surface area contributed by atoms with Crippen LogP contribution in [0.25, 0.3) is 0 Å². The third-order valence-corrected chi connectivity index (χ3v) is 7.65. The summed E-state index contributed by atoms with van der Waals surface area (Å²) in [4.78, 5) is 0. The minimum absolute atomic E-state index is 0.301. The summed E-state index contributed by atoms with van der Waals surface area (Å²) in [5.41, 5.74) is 6.59. The topological polar surface area (TPSA) is 40.5 Å². The van der Waals surface area contributed by atoms with E-state index in [1.165, 1.54) is 17.5 Å². The highest BCUT2D eigenvalue weighted by Gasteiger charge is 2.41. The zero-order chi connectivity index (χ0) is 23.1. The molecule has 0 unspecified atom stereocenters. The van der Waals surface area contributed by atoms with Crippen LogP contribution >= 0.6 is 0 Å². The Hall–Kier alpha value is -1.96. The van der Waals surface area contributed by atoms with Crippen molar-refractivity contribution in [3.05, 3.63) is 57.6 Å². The van der Waals surface area contributed by atoms with Gasteiger partial charge in [0.15, 0.2) is 0 Å². The number of aryl methyl sites for hydroxylation is 4. The van der Waals surface area contributed by atoms with E-state index in [1.807, 2.05) is 0 Å². The molecule has 1 saturated carbocycles. The van der Waals surface area contributed by atoms with E-state index < -0.39 is 0 Å². The van der Waals surface area contributed by atoms with E-state index in [-0.39, 0.29) is 5.41 Å². The minimum Gasteiger partial charge on any atom is -0.507 e. The largest absolute Gasteiger partial charge is 0.507 e. The van der Waals surface area contributed by atoms with Crippen molar-refractivity contribution >= 4 is 0 Å². The van der Waals surface area contributed by atoms with E-state index in [0.29, 0.717) is 11.5 Å². The van der Waals surface area contributed by atoms with Gasteiger partial charge in [-0.15, -0.1) is 0 Å². The summed E-state index contributed by atoms with van der Waals surface area (Å²) in [5.74, 6) is 0.961. The van der Waals surface area contributed by atoms with Gasteiger partial charge in [0.2, 0.25) is 0 Å². The van der Waals surface area contributed by atoms with Gasteiger partial charge in [0.05, 0.1) is 0 Å². The van der Waals surface area contributed by atoms with Crippen LogP contribution < -0.4 is 0 Å². The molecule has 3 rings (SSSR count). The summed E-state index contributed by atoms with van der Waals surface area (Å²) in [5, 5.41) is 23.1. The lowest BCUT2D eigenvalue weighted by atomic mass is 9.63. The monoisotopic (exact) mass is 436 g/mol. The maximum absolute atomic E-state index is 11.6. The first-order chi connectivity index (χ1) is 15.5. The lowest BCUT2D eigenvalue weighted by Gasteiger charge is -2.40. The second-order valence-electron chi connectivity index (χ2n) is 9.86. The number of hydrogen-bond acceptors (Lipinski definition) is 2. The lowest BCUT2D eigenvalue weighted by Crippen LogP contribution is -2.31. The Bertz CT molecular complexity index is 823. The molecule has 0 atom stereocenters. The summed E-state index contributed by atoms with van der Waals surface area (Å²) in [6.07, 6.45) is 13.7. The molecule has 0 amide bonds. The van der Waals surface area contributed by atoms with Crippen molar-refractivity contribution in [3.63, 3.8) is 0 Å². The van der Waals surface area contributed by atoms with E-state index in [9.17, 15) is 10.2 Å². The van der Waals surface area contributed by atoms with Crippen molar-refractivity contribution in [3.8, 4) is 11.5 Å². The van der Waals surface area contributed by atoms with Crippen molar-refractivity contribution in [2.75, 3.05) is 0 Å². The average Bonchev–Trinajstić information content (AvgIpc) is 2.83. The summed E-state index contributed by atoms with van der Waals surface area (Å²) in [6, 6.07) is 8.92. The first kappa shape index (κ1) is 24.7. The highest BCUT2D eigenvalue weighted by atomic mass is 16.3. The normalized spacial score (nSPS) is 15.8. The molecule has 0 radical (unpaired) electrons. The zero-order valence-electron chi connectivity index (χ0n) is 20.9. The molecule has 1 aliphatic carbocycles. The Morgan fingerprint density at radius 2 is 1.09 bits per heavy atom. The molecule has 0 saturated heterocycles. The van der Waals surface area contributed by atoms with Crippen molar-refractivity contribution < 1.29 is 10.2 Å². The SMILES string of the molecule is CCCCc1cc(CC)cc(C2(c3cc(CC)cc(CCCC)c3O)CCCCC2)c1O. The van der Waals surface area contributed by atoms with Gasteiger partial charge in [-0.05, 0) is 73.6 Å². The summed E-state index contributed by atoms with van der Waals surface area (Å²) < 4.78 is 0. The Kier molecular flexibility index (Phi) is 8.68. The third-order valence-electron chi connectivity index (χ3n) is 7.65. The molecule has 1 fully saturated rings. The van der Waals surface area contributed by atoms with E-state index in [2.05, 4.69) is 52.0 Å². The average molecular weight is 437 g/mol. The Balaban J connectivity index is 2.25. The van der Waals surface area contributed by atoms with E-state index >= 15 is 0 Å². The van der Waals surface area contributed by atoms with Crippen LogP contribution in [0.3, 0.4) is 0 Å². The molecule has 0 aromatic heterocycles. The van der Waals surface area contributed by atoms with Crippen LogP contribution in [0.15, 0.2) is 24.3 Å². The van der Waals surface area contributed by atoms with E-state index in [1.54, 1.807) is 0 Å². The number of benzene rings is 2. The maximum atomic E-state index is 11.6. The highest BCUT2D eigenvalue weighted by Crippen LogP contribution is 2.52. The molecule has 176 valence electrons. The fourth-order valence-corrected chi connectivity index (χ4v) is 5.61. The summed E-state index contributed by atoms with van der Waals surface area (Å²) in [7, 11) is 0. The molecule has 0 bridgehead atoms. The summed E-state index contributed by atoms with van der Waals surface area (Å²) >= 11 is 0. The first-order valence-corrected chi connectivity index (χ1v) is 13.2. The molecule has 1 aliphatic rings. The number of phenolic OH excluding ortho intramolecular Hbond substituents is 2. The molecule has 2 N–H and O–H groups in total. The van der Waals surface area contributed by atoms with Crippen LogP contribution in [0.1, 0.15) is 119 Å². The number of unbranched alkanes of at least 4 members (excludes halogenated alkanes) is 2. The fraction of sp³-hybridized carbons (Fsp3) is 0.600. The second kappa shape index (κ2) is 11.3. The Labute approximate surface area is 196 Å². The van der Waals surface area contributed by atoms with Crippen molar-refractivity contribution in [1.82, 2.24) is 0 Å². The van der Waals surface area contributed by atoms with Crippen molar-refractivity contribution in [2.24, 2.45) is 0 Å². The molecule has 0 spiro atoms. The predicted molar refractivity (Wildman–Crippen MR) is 136 cm³/mol. The van der Waals surface area contributed by atoms with Crippen molar-refractivity contribution in [1.29, 1.82) is 0 Å². The molecule has 2 aromatic carbocycles. The number of phenols is 2. The van der Waals surface area contributed by atoms with Gasteiger partial charge >= 0.3 is 0 Å². The molecular weight excluding hydrogens is 392 g/mol. The van der Waals surface area contributed by atoms with Gasteiger partial charge in [0.25, 0.3) is 0 Å². The second-order valence-corrected chi connectivity index (χ2v) is 9.86. The minimum atomic E-state index is -0.301. The highest BCUT2D eigenvalue weighted by molar-refractivity contribution is 5.58. The van der Waals surface area contributed by atoms with Crippen LogP contribution in [0, 0.1) is 0 Å². The van der Waals surface area contributed by atoms with Gasteiger partial charge in [0.1, 0.15) is 11.5 Å². The first-order valence-electron chi connectivity index (χ1n) is 13.2. The lowest BCUT2D eigenvalue weighted by molar-refractivity contribution is 0.319. The molecule has 32 heavy (non-hydrogen) atoms. The van der Waals surface area contributed by atoms with Crippen LogP contribution in [-0.2, 0) is 31.1 Å².